The fraction of sp³-hybridized carbons (Fsp3) is 0.500. The van der Waals surface area contributed by atoms with Gasteiger partial charge in [0, 0.05) is 24.2 Å². The number of nitrogens with one attached hydrogen (secondary N) is 1. The molecule has 1 aromatic rings. The predicted octanol–water partition coefficient (Wildman–Crippen LogP) is 2.48. The summed E-state index contributed by atoms with van der Waals surface area (Å²) in [7, 11) is 1.28. The third-order valence-electron chi connectivity index (χ3n) is 4.79. The lowest BCUT2D eigenvalue weighted by molar-refractivity contribution is -0.393. The van der Waals surface area contributed by atoms with E-state index >= 15 is 0 Å². The molecule has 1 N–H and O–H groups in total. The molecule has 1 amide bonds. The van der Waals surface area contributed by atoms with Crippen molar-refractivity contribution in [2.24, 2.45) is 11.0 Å². The highest BCUT2D eigenvalue weighted by molar-refractivity contribution is 5.91. The molecule has 1 saturated heterocycles. The van der Waals surface area contributed by atoms with Gasteiger partial charge in [-0.25, -0.2) is 4.79 Å². The molecule has 0 unspecified atom stereocenters. The van der Waals surface area contributed by atoms with Crippen molar-refractivity contribution in [3.63, 3.8) is 0 Å². The van der Waals surface area contributed by atoms with Crippen LogP contribution in [-0.2, 0) is 14.3 Å². The molecule has 12 nitrogen and oxygen atoms in total. The van der Waals surface area contributed by atoms with E-state index in [2.05, 4.69) is 10.5 Å². The van der Waals surface area contributed by atoms with Gasteiger partial charge in [0.2, 0.25) is 5.91 Å². The number of ether oxygens (including phenoxy) is 1. The number of amides is 1. The van der Waals surface area contributed by atoms with Crippen molar-refractivity contribution in [2.45, 2.75) is 39.2 Å². The number of hydrogen-bond acceptors (Lipinski definition) is 9. The Morgan fingerprint density at radius 2 is 2.03 bits per heavy atom. The second-order valence-electron chi connectivity index (χ2n) is 6.99. The molecule has 162 valence electrons. The summed E-state index contributed by atoms with van der Waals surface area (Å²) in [5.41, 5.74) is 2.14. The fourth-order valence-electron chi connectivity index (χ4n) is 3.31. The number of rotatable bonds is 8. The molecule has 1 heterocycles. The maximum Gasteiger partial charge on any atom is 0.328 e. The summed E-state index contributed by atoms with van der Waals surface area (Å²) in [5.74, 6) is -1.10. The molecule has 30 heavy (non-hydrogen) atoms. The summed E-state index contributed by atoms with van der Waals surface area (Å²) in [6, 6.07) is 2.60. The number of esters is 1. The number of carbonyl (C=O) groups excluding carboxylic acids is 2. The summed E-state index contributed by atoms with van der Waals surface area (Å²) in [6.45, 7) is 3.84. The number of methoxy groups -OCH3 is 1. The lowest BCUT2D eigenvalue weighted by Crippen LogP contribution is -2.43. The maximum atomic E-state index is 12.7. The summed E-state index contributed by atoms with van der Waals surface area (Å²) >= 11 is 0. The van der Waals surface area contributed by atoms with Crippen molar-refractivity contribution in [1.82, 2.24) is 4.90 Å². The van der Waals surface area contributed by atoms with E-state index in [1.165, 1.54) is 18.1 Å². The van der Waals surface area contributed by atoms with E-state index in [1.54, 1.807) is 13.8 Å². The summed E-state index contributed by atoms with van der Waals surface area (Å²) < 4.78 is 4.75. The monoisotopic (exact) mass is 421 g/mol. The second kappa shape index (κ2) is 9.76. The molecular weight excluding hydrogens is 398 g/mol. The van der Waals surface area contributed by atoms with Crippen molar-refractivity contribution in [2.75, 3.05) is 19.1 Å². The van der Waals surface area contributed by atoms with Crippen molar-refractivity contribution < 1.29 is 24.2 Å². The van der Waals surface area contributed by atoms with Crippen LogP contribution in [0.25, 0.3) is 0 Å². The molecule has 1 aliphatic rings. The Hall–Kier alpha value is -3.57. The van der Waals surface area contributed by atoms with Gasteiger partial charge in [-0.3, -0.25) is 30.4 Å². The number of hydrogen-bond donors (Lipinski definition) is 1. The van der Waals surface area contributed by atoms with Crippen LogP contribution >= 0.6 is 0 Å². The molecule has 0 saturated carbocycles. The lowest BCUT2D eigenvalue weighted by Gasteiger charge is -2.25. The maximum absolute atomic E-state index is 12.7. The van der Waals surface area contributed by atoms with Gasteiger partial charge in [0.25, 0.3) is 5.69 Å². The van der Waals surface area contributed by atoms with Crippen molar-refractivity contribution in [3.8, 4) is 0 Å². The third kappa shape index (κ3) is 5.27. The number of nitro benzene ring substituents is 2. The van der Waals surface area contributed by atoms with Crippen LogP contribution < -0.4 is 5.43 Å². The molecule has 0 radical (unpaired) electrons. The molecule has 0 spiro atoms. The highest BCUT2D eigenvalue weighted by atomic mass is 16.6. The van der Waals surface area contributed by atoms with Crippen LogP contribution in [0.15, 0.2) is 23.3 Å². The minimum absolute atomic E-state index is 0.00534. The van der Waals surface area contributed by atoms with E-state index in [0.29, 0.717) is 18.7 Å². The van der Waals surface area contributed by atoms with Crippen LogP contribution in [-0.4, -0.2) is 52.0 Å². The van der Waals surface area contributed by atoms with Crippen molar-refractivity contribution >= 4 is 34.7 Å². The molecule has 2 rings (SSSR count). The molecule has 1 fully saturated rings. The number of carbonyl (C=O) groups is 2. The normalized spacial score (nSPS) is 17.4. The van der Waals surface area contributed by atoms with Gasteiger partial charge in [-0.15, -0.1) is 0 Å². The zero-order valence-electron chi connectivity index (χ0n) is 16.9. The van der Waals surface area contributed by atoms with Crippen LogP contribution in [0.5, 0.6) is 0 Å². The Bertz CT molecular complexity index is 886. The number of nitrogens with zero attached hydrogens (tertiary/aromatic N) is 4. The van der Waals surface area contributed by atoms with Gasteiger partial charge < -0.3 is 9.64 Å². The molecule has 0 aromatic heterocycles. The van der Waals surface area contributed by atoms with Crippen LogP contribution in [0.2, 0.25) is 0 Å². The number of hydrazone groups is 1. The van der Waals surface area contributed by atoms with Gasteiger partial charge in [-0.2, -0.15) is 5.10 Å². The minimum Gasteiger partial charge on any atom is -0.467 e. The molecular formula is C18H23N5O7. The zero-order chi connectivity index (χ0) is 22.4. The Morgan fingerprint density at radius 3 is 2.63 bits per heavy atom. The van der Waals surface area contributed by atoms with Gasteiger partial charge in [0.05, 0.1) is 23.0 Å². The average molecular weight is 421 g/mol. The standard InChI is InChI=1S/C18H23N5O7/c1-11(17(24)21-8-4-5-15(21)18(25)30-3)9-12(2)19-20-14-7-6-13(22(26)27)10-16(14)23(28)29/h6-7,10-11,15,20H,4-5,8-9H2,1-3H3/b19-12-/t11-,15+/m1/s1. The van der Waals surface area contributed by atoms with Crippen molar-refractivity contribution in [3.05, 3.63) is 38.4 Å². The van der Waals surface area contributed by atoms with Crippen molar-refractivity contribution in [1.29, 1.82) is 0 Å². The molecule has 12 heteroatoms. The van der Waals surface area contributed by atoms with E-state index in [9.17, 15) is 29.8 Å². The first-order valence-electron chi connectivity index (χ1n) is 9.26. The van der Waals surface area contributed by atoms with E-state index in [0.717, 1.165) is 18.6 Å². The summed E-state index contributed by atoms with van der Waals surface area (Å²) in [6.07, 6.45) is 1.54. The number of nitro groups is 2. The van der Waals surface area contributed by atoms with Crippen LogP contribution in [0.4, 0.5) is 17.1 Å². The third-order valence-corrected chi connectivity index (χ3v) is 4.79. The van der Waals surface area contributed by atoms with Gasteiger partial charge >= 0.3 is 11.7 Å². The first-order chi connectivity index (χ1) is 14.1. The Balaban J connectivity index is 2.06. The quantitative estimate of drug-likeness (QED) is 0.290. The first kappa shape index (κ1) is 22.7. The van der Waals surface area contributed by atoms with Gasteiger partial charge in [-0.05, 0) is 32.3 Å². The second-order valence-corrected chi connectivity index (χ2v) is 6.99. The average Bonchev–Trinajstić information content (AvgIpc) is 3.20. The molecule has 0 bridgehead atoms. The number of likely N-dealkylation sites (tertiary alicyclic amines) is 1. The van der Waals surface area contributed by atoms with Gasteiger partial charge in [-0.1, -0.05) is 6.92 Å². The Morgan fingerprint density at radius 1 is 1.33 bits per heavy atom. The fourth-order valence-corrected chi connectivity index (χ4v) is 3.31. The number of anilines is 1. The Labute approximate surface area is 172 Å². The highest BCUT2D eigenvalue weighted by Crippen LogP contribution is 2.29. The highest BCUT2D eigenvalue weighted by Gasteiger charge is 2.36. The zero-order valence-corrected chi connectivity index (χ0v) is 16.9. The van der Waals surface area contributed by atoms with E-state index in [-0.39, 0.29) is 18.0 Å². The van der Waals surface area contributed by atoms with Crippen LogP contribution in [0, 0.1) is 26.1 Å². The first-order valence-corrected chi connectivity index (χ1v) is 9.26. The van der Waals surface area contributed by atoms with Crippen LogP contribution in [0.3, 0.4) is 0 Å². The van der Waals surface area contributed by atoms with Crippen LogP contribution in [0.1, 0.15) is 33.1 Å². The smallest absolute Gasteiger partial charge is 0.328 e. The number of benzene rings is 1. The topological polar surface area (TPSA) is 157 Å². The molecule has 1 aromatic carbocycles. The summed E-state index contributed by atoms with van der Waals surface area (Å²) in [5, 5.41) is 26.0. The summed E-state index contributed by atoms with van der Waals surface area (Å²) in [4.78, 5) is 46.6. The molecule has 2 atom stereocenters. The number of non-ortho nitro benzene ring substituents is 1. The Kier molecular flexibility index (Phi) is 7.39. The SMILES string of the molecule is COC(=O)[C@@H]1CCCN1C(=O)[C@H](C)C/C(C)=N\Nc1ccc([N+](=O)[O-])cc1[N+](=O)[O-]. The van der Waals surface area contributed by atoms with Gasteiger partial charge in [0.15, 0.2) is 0 Å². The predicted molar refractivity (Wildman–Crippen MR) is 107 cm³/mol. The minimum atomic E-state index is -0.743. The lowest BCUT2D eigenvalue weighted by atomic mass is 10.0. The van der Waals surface area contributed by atoms with E-state index in [4.69, 9.17) is 4.74 Å². The van der Waals surface area contributed by atoms with Gasteiger partial charge in [0.1, 0.15) is 11.7 Å². The largest absolute Gasteiger partial charge is 0.467 e. The van der Waals surface area contributed by atoms with E-state index < -0.39 is 39.2 Å². The molecule has 1 aliphatic heterocycles. The van der Waals surface area contributed by atoms with E-state index in [1.807, 2.05) is 0 Å². The molecule has 0 aliphatic carbocycles.